The topological polar surface area (TPSA) is 67.6 Å². The van der Waals surface area contributed by atoms with Gasteiger partial charge in [-0.3, -0.25) is 9.69 Å². The number of amides is 1. The Morgan fingerprint density at radius 3 is 3.10 bits per heavy atom. The van der Waals surface area contributed by atoms with Crippen LogP contribution in [0.4, 0.5) is 5.69 Å². The van der Waals surface area contributed by atoms with E-state index in [9.17, 15) is 4.79 Å². The summed E-state index contributed by atoms with van der Waals surface area (Å²) in [5.74, 6) is -0.0532. The number of carbonyl (C=O) groups excluding carboxylic acids is 1. The first-order valence-electron chi connectivity index (χ1n) is 6.68. The third kappa shape index (κ3) is 4.18. The van der Waals surface area contributed by atoms with Crippen LogP contribution in [0.2, 0.25) is 5.02 Å². The first-order valence-corrected chi connectivity index (χ1v) is 7.06. The van der Waals surface area contributed by atoms with Crippen molar-refractivity contribution in [1.82, 2.24) is 4.90 Å². The summed E-state index contributed by atoms with van der Waals surface area (Å²) in [5, 5.41) is 3.50. The van der Waals surface area contributed by atoms with Gasteiger partial charge < -0.3 is 15.8 Å². The van der Waals surface area contributed by atoms with Gasteiger partial charge in [0.05, 0.1) is 19.3 Å². The predicted molar refractivity (Wildman–Crippen MR) is 80.1 cm³/mol. The normalized spacial score (nSPS) is 19.9. The Labute approximate surface area is 124 Å². The van der Waals surface area contributed by atoms with E-state index in [2.05, 4.69) is 5.32 Å². The Bertz CT molecular complexity index is 481. The van der Waals surface area contributed by atoms with Crippen LogP contribution in [-0.2, 0) is 9.53 Å². The van der Waals surface area contributed by atoms with Crippen molar-refractivity contribution < 1.29 is 9.53 Å². The van der Waals surface area contributed by atoms with Crippen molar-refractivity contribution >= 4 is 23.2 Å². The Morgan fingerprint density at radius 1 is 1.60 bits per heavy atom. The van der Waals surface area contributed by atoms with E-state index < -0.39 is 0 Å². The van der Waals surface area contributed by atoms with Gasteiger partial charge in [-0.05, 0) is 24.6 Å². The second-order valence-electron chi connectivity index (χ2n) is 4.98. The summed E-state index contributed by atoms with van der Waals surface area (Å²) in [4.78, 5) is 14.1. The van der Waals surface area contributed by atoms with Crippen LogP contribution in [0.5, 0.6) is 0 Å². The van der Waals surface area contributed by atoms with E-state index in [4.69, 9.17) is 22.1 Å². The van der Waals surface area contributed by atoms with Crippen LogP contribution >= 0.6 is 11.6 Å². The smallest absolute Gasteiger partial charge is 0.238 e. The summed E-state index contributed by atoms with van der Waals surface area (Å²) in [6, 6.07) is 5.50. The van der Waals surface area contributed by atoms with E-state index in [0.29, 0.717) is 37.0 Å². The summed E-state index contributed by atoms with van der Waals surface area (Å²) in [6.07, 6.45) is 0.0189. The number of benzene rings is 1. The highest BCUT2D eigenvalue weighted by atomic mass is 35.5. The zero-order valence-corrected chi connectivity index (χ0v) is 12.3. The maximum absolute atomic E-state index is 12.0. The lowest BCUT2D eigenvalue weighted by atomic mass is 10.2. The molecule has 1 heterocycles. The van der Waals surface area contributed by atoms with E-state index >= 15 is 0 Å². The number of nitrogens with zero attached hydrogens (tertiary/aromatic N) is 1. The van der Waals surface area contributed by atoms with Crippen molar-refractivity contribution in [2.24, 2.45) is 5.73 Å². The van der Waals surface area contributed by atoms with Crippen LogP contribution in [0.15, 0.2) is 18.2 Å². The molecule has 1 amide bonds. The molecule has 20 heavy (non-hydrogen) atoms. The Balaban J connectivity index is 1.87. The molecular weight excluding hydrogens is 278 g/mol. The monoisotopic (exact) mass is 297 g/mol. The molecule has 1 saturated heterocycles. The van der Waals surface area contributed by atoms with Gasteiger partial charge in [0, 0.05) is 30.3 Å². The van der Waals surface area contributed by atoms with Gasteiger partial charge >= 0.3 is 0 Å². The molecule has 110 valence electrons. The zero-order chi connectivity index (χ0) is 14.5. The summed E-state index contributed by atoms with van der Waals surface area (Å²) in [6.45, 7) is 4.80. The number of aryl methyl sites for hydroxylation is 1. The molecule has 6 heteroatoms. The van der Waals surface area contributed by atoms with Gasteiger partial charge in [-0.2, -0.15) is 0 Å². The van der Waals surface area contributed by atoms with E-state index in [1.807, 2.05) is 24.0 Å². The highest BCUT2D eigenvalue weighted by Crippen LogP contribution is 2.19. The van der Waals surface area contributed by atoms with E-state index in [0.717, 1.165) is 12.1 Å². The van der Waals surface area contributed by atoms with Gasteiger partial charge in [0.2, 0.25) is 5.91 Å². The van der Waals surface area contributed by atoms with E-state index in [1.165, 1.54) is 0 Å². The molecule has 1 unspecified atom stereocenters. The second kappa shape index (κ2) is 7.04. The Morgan fingerprint density at radius 2 is 2.40 bits per heavy atom. The van der Waals surface area contributed by atoms with Crippen LogP contribution in [0.1, 0.15) is 5.56 Å². The van der Waals surface area contributed by atoms with E-state index in [-0.39, 0.29) is 12.0 Å². The van der Waals surface area contributed by atoms with Crippen LogP contribution in [0, 0.1) is 6.92 Å². The Hall–Kier alpha value is -1.14. The number of halogens is 1. The third-order valence-corrected chi connectivity index (χ3v) is 3.72. The lowest BCUT2D eigenvalue weighted by molar-refractivity contribution is -0.119. The van der Waals surface area contributed by atoms with Gasteiger partial charge in [0.1, 0.15) is 0 Å². The molecule has 1 aliphatic rings. The number of nitrogens with two attached hydrogens (primary N) is 1. The number of hydrogen-bond acceptors (Lipinski definition) is 4. The minimum Gasteiger partial charge on any atom is -0.374 e. The molecule has 0 radical (unpaired) electrons. The van der Waals surface area contributed by atoms with Crippen molar-refractivity contribution in [3.63, 3.8) is 0 Å². The summed E-state index contributed by atoms with van der Waals surface area (Å²) in [5.41, 5.74) is 7.29. The van der Waals surface area contributed by atoms with Gasteiger partial charge in [-0.25, -0.2) is 0 Å². The predicted octanol–water partition coefficient (Wildman–Crippen LogP) is 1.25. The number of nitrogens with one attached hydrogen (secondary N) is 1. The fourth-order valence-electron chi connectivity index (χ4n) is 2.14. The van der Waals surface area contributed by atoms with Crippen molar-refractivity contribution in [2.75, 3.05) is 38.1 Å². The zero-order valence-electron chi connectivity index (χ0n) is 11.6. The molecule has 1 aliphatic heterocycles. The average Bonchev–Trinajstić information content (AvgIpc) is 2.43. The highest BCUT2D eigenvalue weighted by molar-refractivity contribution is 6.31. The molecule has 1 aromatic rings. The van der Waals surface area contributed by atoms with Gasteiger partial charge in [0.15, 0.2) is 0 Å². The minimum absolute atomic E-state index is 0.0189. The molecule has 1 atom stereocenters. The molecule has 2 rings (SSSR count). The molecule has 5 nitrogen and oxygen atoms in total. The lowest BCUT2D eigenvalue weighted by Crippen LogP contribution is -2.48. The Kier molecular flexibility index (Phi) is 5.37. The number of anilines is 1. The minimum atomic E-state index is -0.0532. The molecule has 1 aromatic carbocycles. The summed E-state index contributed by atoms with van der Waals surface area (Å²) in [7, 11) is 0. The average molecular weight is 298 g/mol. The second-order valence-corrected chi connectivity index (χ2v) is 5.38. The number of ether oxygens (including phenoxy) is 1. The fraction of sp³-hybridized carbons (Fsp3) is 0.500. The molecule has 0 bridgehead atoms. The molecule has 0 aromatic heterocycles. The lowest BCUT2D eigenvalue weighted by Gasteiger charge is -2.31. The van der Waals surface area contributed by atoms with Crippen molar-refractivity contribution in [3.8, 4) is 0 Å². The largest absolute Gasteiger partial charge is 0.374 e. The molecule has 0 aliphatic carbocycles. The van der Waals surface area contributed by atoms with E-state index in [1.54, 1.807) is 6.07 Å². The van der Waals surface area contributed by atoms with Gasteiger partial charge in [-0.15, -0.1) is 0 Å². The molecule has 3 N–H and O–H groups in total. The summed E-state index contributed by atoms with van der Waals surface area (Å²) >= 11 is 6.03. The van der Waals surface area contributed by atoms with Crippen LogP contribution in [0.3, 0.4) is 0 Å². The van der Waals surface area contributed by atoms with Crippen molar-refractivity contribution in [1.29, 1.82) is 0 Å². The van der Waals surface area contributed by atoms with Crippen molar-refractivity contribution in [3.05, 3.63) is 28.8 Å². The number of rotatable bonds is 4. The van der Waals surface area contributed by atoms with Crippen molar-refractivity contribution in [2.45, 2.75) is 13.0 Å². The standard InChI is InChI=1S/C14H20ClN3O2/c1-10-2-3-11(6-13(10)15)17-14(19)9-18-4-5-20-12(7-16)8-18/h2-3,6,12H,4-5,7-9,16H2,1H3,(H,17,19). The molecular formula is C14H20ClN3O2. The number of morpholine rings is 1. The van der Waals surface area contributed by atoms with Gasteiger partial charge in [0.25, 0.3) is 0 Å². The molecule has 0 saturated carbocycles. The first kappa shape index (κ1) is 15.3. The SMILES string of the molecule is Cc1ccc(NC(=O)CN2CCOC(CN)C2)cc1Cl. The van der Waals surface area contributed by atoms with Gasteiger partial charge in [-0.1, -0.05) is 17.7 Å². The van der Waals surface area contributed by atoms with Crippen LogP contribution in [0.25, 0.3) is 0 Å². The number of carbonyl (C=O) groups is 1. The fourth-order valence-corrected chi connectivity index (χ4v) is 2.32. The maximum atomic E-state index is 12.0. The van der Waals surface area contributed by atoms with Crippen LogP contribution < -0.4 is 11.1 Å². The highest BCUT2D eigenvalue weighted by Gasteiger charge is 2.21. The maximum Gasteiger partial charge on any atom is 0.238 e. The number of hydrogen-bond donors (Lipinski definition) is 2. The molecule has 0 spiro atoms. The quantitative estimate of drug-likeness (QED) is 0.878. The van der Waals surface area contributed by atoms with Crippen LogP contribution in [-0.4, -0.2) is 49.7 Å². The third-order valence-electron chi connectivity index (χ3n) is 3.31. The molecule has 1 fully saturated rings. The summed E-state index contributed by atoms with van der Waals surface area (Å²) < 4.78 is 5.47. The first-order chi connectivity index (χ1) is 9.58.